The van der Waals surface area contributed by atoms with E-state index < -0.39 is 41.2 Å². The van der Waals surface area contributed by atoms with E-state index in [0.717, 1.165) is 0 Å². The molecule has 0 radical (unpaired) electrons. The smallest absolute Gasteiger partial charge is 0.328 e. The highest BCUT2D eigenvalue weighted by molar-refractivity contribution is 6.20. The fourth-order valence-corrected chi connectivity index (χ4v) is 5.54. The molecule has 3 unspecified atom stereocenters. The van der Waals surface area contributed by atoms with Crippen molar-refractivity contribution < 1.29 is 33.0 Å². The lowest BCUT2D eigenvalue weighted by Crippen LogP contribution is -2.75. The summed E-state index contributed by atoms with van der Waals surface area (Å²) in [4.78, 5) is 48.7. The van der Waals surface area contributed by atoms with E-state index in [1.54, 1.807) is 17.9 Å². The number of nitrogens with one attached hydrogen (secondary N) is 2. The molecule has 36 heavy (non-hydrogen) atoms. The highest BCUT2D eigenvalue weighted by Crippen LogP contribution is 2.51. The maximum atomic E-state index is 16.4. The third-order valence-electron chi connectivity index (χ3n) is 6.85. The fourth-order valence-electron chi connectivity index (χ4n) is 5.54. The van der Waals surface area contributed by atoms with Gasteiger partial charge in [-0.25, -0.2) is 9.18 Å². The molecule has 1 spiro atoms. The Balaban J connectivity index is 1.74. The van der Waals surface area contributed by atoms with Crippen molar-refractivity contribution in [2.24, 2.45) is 5.41 Å². The normalized spacial score (nSPS) is 24.6. The van der Waals surface area contributed by atoms with Crippen LogP contribution >= 0.6 is 0 Å². The van der Waals surface area contributed by atoms with Crippen LogP contribution in [-0.4, -0.2) is 72.9 Å². The maximum absolute atomic E-state index is 16.4. The molecule has 4 amide bonds. The summed E-state index contributed by atoms with van der Waals surface area (Å²) >= 11 is 0. The lowest BCUT2D eigenvalue weighted by atomic mass is 9.66. The minimum atomic E-state index is -1.72. The monoisotopic (exact) mass is 499 g/mol. The zero-order valence-electron chi connectivity index (χ0n) is 20.0. The first-order valence-corrected chi connectivity index (χ1v) is 11.6. The fraction of sp³-hybridized carbons (Fsp3) is 0.458. The molecule has 0 saturated carbocycles. The molecule has 1 aromatic carbocycles. The Morgan fingerprint density at radius 1 is 1.19 bits per heavy atom. The Hall–Kier alpha value is -3.64. The SMILES string of the molecule is COCCOc1c(-c2cnccn2)cc2c(c1F)N1CC(C)OC(C)C1C1(C2)C(=O)NC(=O)NC1=O. The van der Waals surface area contributed by atoms with Gasteiger partial charge in [-0.15, -0.1) is 0 Å². The van der Waals surface area contributed by atoms with Crippen LogP contribution in [0.25, 0.3) is 11.3 Å². The van der Waals surface area contributed by atoms with Gasteiger partial charge in [0, 0.05) is 38.0 Å². The van der Waals surface area contributed by atoms with E-state index in [1.807, 2.05) is 6.92 Å². The first-order chi connectivity index (χ1) is 17.3. The number of fused-ring (bicyclic) bond motifs is 4. The molecule has 190 valence electrons. The number of barbiturate groups is 1. The molecule has 0 bridgehead atoms. The predicted molar refractivity (Wildman–Crippen MR) is 124 cm³/mol. The Labute approximate surface area is 206 Å². The van der Waals surface area contributed by atoms with Gasteiger partial charge < -0.3 is 19.1 Å². The van der Waals surface area contributed by atoms with Gasteiger partial charge in [0.1, 0.15) is 6.61 Å². The number of urea groups is 1. The molecule has 2 N–H and O–H groups in total. The Morgan fingerprint density at radius 2 is 1.94 bits per heavy atom. The van der Waals surface area contributed by atoms with Crippen molar-refractivity contribution >= 4 is 23.5 Å². The van der Waals surface area contributed by atoms with Crippen molar-refractivity contribution in [3.05, 3.63) is 36.0 Å². The number of anilines is 1. The average molecular weight is 499 g/mol. The minimum Gasteiger partial charge on any atom is -0.487 e. The highest BCUT2D eigenvalue weighted by atomic mass is 19.1. The zero-order valence-corrected chi connectivity index (χ0v) is 20.0. The van der Waals surface area contributed by atoms with Crippen LogP contribution in [0.15, 0.2) is 24.7 Å². The number of hydrogen-bond acceptors (Lipinski definition) is 9. The van der Waals surface area contributed by atoms with Crippen LogP contribution < -0.4 is 20.3 Å². The van der Waals surface area contributed by atoms with Crippen molar-refractivity contribution in [2.45, 2.75) is 38.5 Å². The molecule has 4 heterocycles. The summed E-state index contributed by atoms with van der Waals surface area (Å²) in [7, 11) is 1.52. The number of imide groups is 2. The van der Waals surface area contributed by atoms with Gasteiger partial charge in [0.15, 0.2) is 17.0 Å². The first-order valence-electron chi connectivity index (χ1n) is 11.6. The number of carbonyl (C=O) groups excluding carboxylic acids is 3. The van der Waals surface area contributed by atoms with E-state index >= 15 is 4.39 Å². The van der Waals surface area contributed by atoms with Crippen molar-refractivity contribution in [3.63, 3.8) is 0 Å². The Kier molecular flexibility index (Phi) is 6.08. The molecule has 3 atom stereocenters. The molecule has 11 nitrogen and oxygen atoms in total. The summed E-state index contributed by atoms with van der Waals surface area (Å²) in [5.41, 5.74) is -0.398. The molecule has 1 aromatic heterocycles. The van der Waals surface area contributed by atoms with Gasteiger partial charge in [-0.1, -0.05) is 0 Å². The van der Waals surface area contributed by atoms with Crippen molar-refractivity contribution in [1.82, 2.24) is 20.6 Å². The molecule has 12 heteroatoms. The molecule has 2 aromatic rings. The largest absolute Gasteiger partial charge is 0.487 e. The van der Waals surface area contributed by atoms with Gasteiger partial charge >= 0.3 is 6.03 Å². The highest BCUT2D eigenvalue weighted by Gasteiger charge is 2.63. The zero-order chi connectivity index (χ0) is 25.6. The molecule has 5 rings (SSSR count). The van der Waals surface area contributed by atoms with Crippen molar-refractivity contribution in [2.75, 3.05) is 31.8 Å². The molecule has 0 aliphatic carbocycles. The number of aromatic nitrogens is 2. The van der Waals surface area contributed by atoms with E-state index in [9.17, 15) is 14.4 Å². The van der Waals surface area contributed by atoms with E-state index in [1.165, 1.54) is 25.7 Å². The minimum absolute atomic E-state index is 0.0273. The van der Waals surface area contributed by atoms with Crippen molar-refractivity contribution in [1.29, 1.82) is 0 Å². The number of rotatable bonds is 5. The second kappa shape index (κ2) is 9.10. The number of nitrogens with zero attached hydrogens (tertiary/aromatic N) is 3. The second-order valence-corrected chi connectivity index (χ2v) is 9.14. The van der Waals surface area contributed by atoms with E-state index in [2.05, 4.69) is 20.6 Å². The van der Waals surface area contributed by atoms with Gasteiger partial charge in [-0.05, 0) is 25.5 Å². The molecular weight excluding hydrogens is 473 g/mol. The summed E-state index contributed by atoms with van der Waals surface area (Å²) in [6, 6.07) is -0.0818. The molecular formula is C24H26FN5O6. The first kappa shape index (κ1) is 24.1. The number of hydrogen-bond donors (Lipinski definition) is 2. The molecule has 3 aliphatic heterocycles. The van der Waals surface area contributed by atoms with E-state index in [-0.39, 0.29) is 43.7 Å². The summed E-state index contributed by atoms with van der Waals surface area (Å²) in [5, 5.41) is 4.45. The third kappa shape index (κ3) is 3.68. The van der Waals surface area contributed by atoms with E-state index in [0.29, 0.717) is 16.8 Å². The van der Waals surface area contributed by atoms with Crippen LogP contribution in [0.4, 0.5) is 14.9 Å². The lowest BCUT2D eigenvalue weighted by molar-refractivity contribution is -0.153. The summed E-state index contributed by atoms with van der Waals surface area (Å²) < 4.78 is 33.3. The van der Waals surface area contributed by atoms with Gasteiger partial charge in [0.05, 0.1) is 42.4 Å². The van der Waals surface area contributed by atoms with Crippen LogP contribution in [0.1, 0.15) is 19.4 Å². The van der Waals surface area contributed by atoms with Gasteiger partial charge in [-0.2, -0.15) is 0 Å². The Bertz CT molecular complexity index is 1210. The van der Waals surface area contributed by atoms with Crippen LogP contribution in [0.3, 0.4) is 0 Å². The predicted octanol–water partition coefficient (Wildman–Crippen LogP) is 1.20. The van der Waals surface area contributed by atoms with Gasteiger partial charge in [-0.3, -0.25) is 30.2 Å². The average Bonchev–Trinajstić information content (AvgIpc) is 2.83. The quantitative estimate of drug-likeness (QED) is 0.460. The summed E-state index contributed by atoms with van der Waals surface area (Å²) in [6.45, 7) is 4.12. The number of halogens is 1. The van der Waals surface area contributed by atoms with Crippen LogP contribution in [0.2, 0.25) is 0 Å². The molecule has 3 aliphatic rings. The number of benzene rings is 1. The van der Waals surface area contributed by atoms with Crippen LogP contribution in [0.5, 0.6) is 5.75 Å². The van der Waals surface area contributed by atoms with Gasteiger partial charge in [0.25, 0.3) is 0 Å². The molecule has 2 saturated heterocycles. The van der Waals surface area contributed by atoms with Crippen LogP contribution in [-0.2, 0) is 25.5 Å². The Morgan fingerprint density at radius 3 is 2.61 bits per heavy atom. The summed E-state index contributed by atoms with van der Waals surface area (Å²) in [6.07, 6.45) is 3.36. The number of methoxy groups -OCH3 is 1. The number of carbonyl (C=O) groups is 3. The standard InChI is InChI=1S/C24H26FN5O6/c1-12-11-30-18-14(9-24(20(30)13(2)36-12)21(31)28-23(33)29-22(24)32)8-15(16-10-26-4-5-27-16)19(17(18)25)35-7-6-34-3/h4-5,8,10,12-13,20H,6-7,9,11H2,1-3H3,(H2,28,29,31,32,33). The third-order valence-corrected chi connectivity index (χ3v) is 6.85. The summed E-state index contributed by atoms with van der Waals surface area (Å²) in [5.74, 6) is -2.16. The molecule has 2 fully saturated rings. The van der Waals surface area contributed by atoms with Gasteiger partial charge in [0.2, 0.25) is 11.8 Å². The van der Waals surface area contributed by atoms with E-state index in [4.69, 9.17) is 14.2 Å². The number of ether oxygens (including phenoxy) is 3. The maximum Gasteiger partial charge on any atom is 0.328 e. The lowest BCUT2D eigenvalue weighted by Gasteiger charge is -2.55. The second-order valence-electron chi connectivity index (χ2n) is 9.14. The topological polar surface area (TPSA) is 132 Å². The number of morpholine rings is 1. The van der Waals surface area contributed by atoms with Crippen molar-refractivity contribution in [3.8, 4) is 17.0 Å². The number of amides is 4. The van der Waals surface area contributed by atoms with Crippen LogP contribution in [0, 0.1) is 11.2 Å².